The molecule has 6 heteroatoms. The Bertz CT molecular complexity index is 849. The highest BCUT2D eigenvalue weighted by Gasteiger charge is 2.19. The average molecular weight is 410 g/mol. The Morgan fingerprint density at radius 1 is 1.14 bits per heavy atom. The van der Waals surface area contributed by atoms with Gasteiger partial charge < -0.3 is 0 Å². The summed E-state index contributed by atoms with van der Waals surface area (Å²) in [7, 11) is 0. The molecular formula is C15H10Br2N2O2. The lowest BCUT2D eigenvalue weighted by molar-refractivity contribution is -0.125. The van der Waals surface area contributed by atoms with Crippen LogP contribution in [0.5, 0.6) is 0 Å². The molecule has 1 N–H and O–H groups in total. The van der Waals surface area contributed by atoms with Gasteiger partial charge in [-0.15, -0.1) is 0 Å². The van der Waals surface area contributed by atoms with Crippen LogP contribution in [0.3, 0.4) is 0 Å². The zero-order valence-corrected chi connectivity index (χ0v) is 13.9. The van der Waals surface area contributed by atoms with Gasteiger partial charge in [0.1, 0.15) is 6.54 Å². The van der Waals surface area contributed by atoms with E-state index in [1.54, 1.807) is 6.07 Å². The SMILES string of the molecule is O=C1CN(O)C(c2ccccc2Br)=c2cc(Br)ccc2=N1. The smallest absolute Gasteiger partial charge is 0.268 e. The number of hydrogen-bond donors (Lipinski definition) is 1. The molecule has 106 valence electrons. The topological polar surface area (TPSA) is 52.9 Å². The van der Waals surface area contributed by atoms with Gasteiger partial charge in [0.25, 0.3) is 5.91 Å². The molecule has 0 saturated heterocycles. The van der Waals surface area contributed by atoms with E-state index in [0.717, 1.165) is 19.6 Å². The maximum absolute atomic E-state index is 11.8. The lowest BCUT2D eigenvalue weighted by atomic mass is 10.1. The molecular weight excluding hydrogens is 400 g/mol. The first-order valence-electron chi connectivity index (χ1n) is 6.19. The van der Waals surface area contributed by atoms with Crippen LogP contribution in [0.2, 0.25) is 0 Å². The highest BCUT2D eigenvalue weighted by molar-refractivity contribution is 9.10. The van der Waals surface area contributed by atoms with Crippen molar-refractivity contribution < 1.29 is 10.0 Å². The highest BCUT2D eigenvalue weighted by Crippen LogP contribution is 2.24. The van der Waals surface area contributed by atoms with E-state index in [1.165, 1.54) is 0 Å². The molecule has 0 unspecified atom stereocenters. The van der Waals surface area contributed by atoms with Crippen LogP contribution in [-0.2, 0) is 4.79 Å². The fraction of sp³-hybridized carbons (Fsp3) is 0.0667. The highest BCUT2D eigenvalue weighted by atomic mass is 79.9. The number of nitrogens with zero attached hydrogens (tertiary/aromatic N) is 2. The standard InChI is InChI=1S/C15H10Br2N2O2/c16-9-5-6-13-11(7-9)15(19(21)8-14(20)18-13)10-3-1-2-4-12(10)17/h1-7,21H,8H2. The van der Waals surface area contributed by atoms with Gasteiger partial charge in [-0.05, 0) is 24.3 Å². The minimum atomic E-state index is -0.386. The Hall–Kier alpha value is -1.50. The minimum absolute atomic E-state index is 0.178. The van der Waals surface area contributed by atoms with Crippen LogP contribution >= 0.6 is 31.9 Å². The number of rotatable bonds is 1. The number of fused-ring (bicyclic) bond motifs is 1. The summed E-state index contributed by atoms with van der Waals surface area (Å²) in [5.41, 5.74) is 1.35. The third-order valence-corrected chi connectivity index (χ3v) is 4.32. The molecule has 1 aliphatic rings. The van der Waals surface area contributed by atoms with Gasteiger partial charge in [-0.25, -0.2) is 10.1 Å². The Morgan fingerprint density at radius 2 is 1.90 bits per heavy atom. The van der Waals surface area contributed by atoms with Crippen LogP contribution in [0.25, 0.3) is 5.70 Å². The summed E-state index contributed by atoms with van der Waals surface area (Å²) in [6, 6.07) is 13.0. The number of amides is 1. The van der Waals surface area contributed by atoms with Crippen LogP contribution in [0.4, 0.5) is 0 Å². The van der Waals surface area contributed by atoms with Crippen molar-refractivity contribution in [3.05, 3.63) is 67.5 Å². The summed E-state index contributed by atoms with van der Waals surface area (Å²) in [4.78, 5) is 15.8. The third kappa shape index (κ3) is 2.79. The summed E-state index contributed by atoms with van der Waals surface area (Å²) in [6.07, 6.45) is 0. The fourth-order valence-corrected chi connectivity index (χ4v) is 3.08. The van der Waals surface area contributed by atoms with E-state index in [0.29, 0.717) is 16.3 Å². The molecule has 0 aliphatic carbocycles. The molecule has 0 radical (unpaired) electrons. The summed E-state index contributed by atoms with van der Waals surface area (Å²) in [6.45, 7) is -0.178. The van der Waals surface area contributed by atoms with E-state index in [9.17, 15) is 10.0 Å². The lowest BCUT2D eigenvalue weighted by Gasteiger charge is -2.19. The Labute approximate surface area is 137 Å². The predicted octanol–water partition coefficient (Wildman–Crippen LogP) is 2.22. The second-order valence-corrected chi connectivity index (χ2v) is 6.32. The first-order chi connectivity index (χ1) is 10.1. The van der Waals surface area contributed by atoms with Gasteiger partial charge in [0.15, 0.2) is 0 Å². The predicted molar refractivity (Wildman–Crippen MR) is 85.1 cm³/mol. The molecule has 0 atom stereocenters. The van der Waals surface area contributed by atoms with Crippen molar-refractivity contribution in [1.29, 1.82) is 0 Å². The summed E-state index contributed by atoms with van der Waals surface area (Å²) in [5.74, 6) is -0.386. The van der Waals surface area contributed by atoms with Crippen LogP contribution in [0, 0.1) is 0 Å². The van der Waals surface area contributed by atoms with Crippen molar-refractivity contribution in [2.24, 2.45) is 4.99 Å². The molecule has 2 aromatic rings. The van der Waals surface area contributed by atoms with Gasteiger partial charge in [0.2, 0.25) is 0 Å². The molecule has 0 saturated carbocycles. The third-order valence-electron chi connectivity index (χ3n) is 3.13. The van der Waals surface area contributed by atoms with Crippen LogP contribution in [0.1, 0.15) is 5.56 Å². The van der Waals surface area contributed by atoms with Crippen molar-refractivity contribution in [1.82, 2.24) is 5.06 Å². The Kier molecular flexibility index (Phi) is 3.93. The minimum Gasteiger partial charge on any atom is -0.288 e. The second-order valence-electron chi connectivity index (χ2n) is 4.55. The van der Waals surface area contributed by atoms with E-state index in [2.05, 4.69) is 36.9 Å². The van der Waals surface area contributed by atoms with Crippen LogP contribution in [0.15, 0.2) is 56.4 Å². The summed E-state index contributed by atoms with van der Waals surface area (Å²) >= 11 is 6.90. The van der Waals surface area contributed by atoms with Gasteiger partial charge >= 0.3 is 0 Å². The molecule has 3 rings (SSSR count). The maximum Gasteiger partial charge on any atom is 0.268 e. The van der Waals surface area contributed by atoms with Crippen LogP contribution < -0.4 is 10.6 Å². The quantitative estimate of drug-likeness (QED) is 0.785. The van der Waals surface area contributed by atoms with Gasteiger partial charge in [-0.3, -0.25) is 10.0 Å². The average Bonchev–Trinajstić information content (AvgIpc) is 2.55. The zero-order chi connectivity index (χ0) is 15.0. The molecule has 2 aromatic carbocycles. The number of halogens is 2. The van der Waals surface area contributed by atoms with Gasteiger partial charge in [-0.2, -0.15) is 0 Å². The second kappa shape index (κ2) is 5.71. The van der Waals surface area contributed by atoms with E-state index < -0.39 is 0 Å². The molecule has 0 spiro atoms. The number of hydrogen-bond acceptors (Lipinski definition) is 3. The van der Waals surface area contributed by atoms with E-state index in [4.69, 9.17) is 0 Å². The van der Waals surface area contributed by atoms with Gasteiger partial charge in [-0.1, -0.05) is 50.1 Å². The largest absolute Gasteiger partial charge is 0.288 e. The van der Waals surface area contributed by atoms with Crippen LogP contribution in [-0.4, -0.2) is 22.7 Å². The van der Waals surface area contributed by atoms with E-state index in [-0.39, 0.29) is 12.5 Å². The Morgan fingerprint density at radius 3 is 2.67 bits per heavy atom. The van der Waals surface area contributed by atoms with Crippen molar-refractivity contribution in [3.63, 3.8) is 0 Å². The number of carbonyl (C=O) groups is 1. The van der Waals surface area contributed by atoms with Crippen molar-refractivity contribution in [2.75, 3.05) is 6.54 Å². The lowest BCUT2D eigenvalue weighted by Crippen LogP contribution is -2.32. The van der Waals surface area contributed by atoms with Crippen molar-refractivity contribution >= 4 is 43.5 Å². The zero-order valence-electron chi connectivity index (χ0n) is 10.8. The van der Waals surface area contributed by atoms with Gasteiger partial charge in [0, 0.05) is 19.7 Å². The Balaban J connectivity index is 2.46. The number of benzene rings is 2. The summed E-state index contributed by atoms with van der Waals surface area (Å²) < 4.78 is 1.68. The molecule has 0 aromatic heterocycles. The van der Waals surface area contributed by atoms with E-state index >= 15 is 0 Å². The molecule has 1 heterocycles. The molecule has 0 fully saturated rings. The molecule has 21 heavy (non-hydrogen) atoms. The first kappa shape index (κ1) is 14.4. The number of carbonyl (C=O) groups excluding carboxylic acids is 1. The monoisotopic (exact) mass is 408 g/mol. The fourth-order valence-electron chi connectivity index (χ4n) is 2.25. The van der Waals surface area contributed by atoms with Crippen molar-refractivity contribution in [2.45, 2.75) is 0 Å². The molecule has 1 amide bonds. The van der Waals surface area contributed by atoms with Gasteiger partial charge in [0.05, 0.1) is 11.1 Å². The first-order valence-corrected chi connectivity index (χ1v) is 7.77. The summed E-state index contributed by atoms with van der Waals surface area (Å²) in [5, 5.41) is 12.5. The molecule has 0 bridgehead atoms. The normalized spacial score (nSPS) is 14.5. The number of hydroxylamine groups is 2. The maximum atomic E-state index is 11.8. The van der Waals surface area contributed by atoms with E-state index in [1.807, 2.05) is 36.4 Å². The van der Waals surface area contributed by atoms with Crippen molar-refractivity contribution in [3.8, 4) is 0 Å². The molecule has 4 nitrogen and oxygen atoms in total. The molecule has 1 aliphatic heterocycles.